The fourth-order valence-electron chi connectivity index (χ4n) is 1.81. The molecule has 0 spiro atoms. The summed E-state index contributed by atoms with van der Waals surface area (Å²) in [5.74, 6) is 0.163. The van der Waals surface area contributed by atoms with E-state index in [0.717, 1.165) is 0 Å². The molecule has 5 nitrogen and oxygen atoms in total. The Balaban J connectivity index is 2.25. The van der Waals surface area contributed by atoms with E-state index in [0.29, 0.717) is 18.7 Å². The molecule has 2 rings (SSSR count). The van der Waals surface area contributed by atoms with E-state index < -0.39 is 11.5 Å². The van der Waals surface area contributed by atoms with Crippen molar-refractivity contribution in [1.29, 1.82) is 0 Å². The van der Waals surface area contributed by atoms with Gasteiger partial charge in [0.2, 0.25) is 0 Å². The summed E-state index contributed by atoms with van der Waals surface area (Å²) in [4.78, 5) is 15.6. The minimum atomic E-state index is -0.870. The van der Waals surface area contributed by atoms with Crippen molar-refractivity contribution in [2.75, 3.05) is 7.11 Å². The Morgan fingerprint density at radius 2 is 2.40 bits per heavy atom. The van der Waals surface area contributed by atoms with Gasteiger partial charge in [-0.2, -0.15) is 0 Å². The van der Waals surface area contributed by atoms with Crippen LogP contribution in [0.15, 0.2) is 12.4 Å². The maximum absolute atomic E-state index is 11.5. The van der Waals surface area contributed by atoms with Crippen LogP contribution in [-0.2, 0) is 16.6 Å². The molecule has 82 valence electrons. The number of aliphatic hydroxyl groups excluding tert-OH is 1. The molecule has 0 bridgehead atoms. The molecule has 1 fully saturated rings. The van der Waals surface area contributed by atoms with Gasteiger partial charge in [-0.05, 0) is 12.8 Å². The molecule has 0 unspecified atom stereocenters. The molecule has 1 heterocycles. The molecule has 0 saturated heterocycles. The summed E-state index contributed by atoms with van der Waals surface area (Å²) >= 11 is 0. The van der Waals surface area contributed by atoms with E-state index in [1.54, 1.807) is 24.0 Å². The maximum atomic E-state index is 11.5. The van der Waals surface area contributed by atoms with Gasteiger partial charge in [0, 0.05) is 19.4 Å². The van der Waals surface area contributed by atoms with Gasteiger partial charge < -0.3 is 14.4 Å². The Bertz CT molecular complexity index is 382. The van der Waals surface area contributed by atoms with Crippen molar-refractivity contribution in [2.24, 2.45) is 12.5 Å². The molecule has 15 heavy (non-hydrogen) atoms. The quantitative estimate of drug-likeness (QED) is 0.734. The van der Waals surface area contributed by atoms with Crippen molar-refractivity contribution in [3.8, 4) is 0 Å². The van der Waals surface area contributed by atoms with E-state index in [-0.39, 0.29) is 5.97 Å². The first-order valence-corrected chi connectivity index (χ1v) is 4.85. The summed E-state index contributed by atoms with van der Waals surface area (Å²) in [6.07, 6.45) is 3.80. The Morgan fingerprint density at radius 3 is 2.80 bits per heavy atom. The Kier molecular flexibility index (Phi) is 2.26. The van der Waals surface area contributed by atoms with Gasteiger partial charge in [0.25, 0.3) is 0 Å². The first kappa shape index (κ1) is 10.2. The predicted octanol–water partition coefficient (Wildman–Crippen LogP) is 0.407. The number of esters is 1. The number of aryl methyl sites for hydroxylation is 1. The van der Waals surface area contributed by atoms with E-state index in [4.69, 9.17) is 4.74 Å². The van der Waals surface area contributed by atoms with E-state index in [1.807, 2.05) is 0 Å². The van der Waals surface area contributed by atoms with Gasteiger partial charge in [0.05, 0.1) is 7.11 Å². The van der Waals surface area contributed by atoms with Crippen molar-refractivity contribution in [1.82, 2.24) is 9.55 Å². The average molecular weight is 210 g/mol. The standard InChI is InChI=1S/C10H14N2O3/c1-12-6-5-11-8(12)7(13)10(3-4-10)9(14)15-2/h5-7,13H,3-4H2,1-2H3/t7-/m0/s1. The molecule has 1 aliphatic carbocycles. The van der Waals surface area contributed by atoms with Gasteiger partial charge in [-0.25, -0.2) is 4.98 Å². The lowest BCUT2D eigenvalue weighted by Crippen LogP contribution is -2.27. The fourth-order valence-corrected chi connectivity index (χ4v) is 1.81. The van der Waals surface area contributed by atoms with Crippen LogP contribution < -0.4 is 0 Å². The first-order valence-electron chi connectivity index (χ1n) is 4.85. The van der Waals surface area contributed by atoms with Gasteiger partial charge in [-0.1, -0.05) is 0 Å². The number of hydrogen-bond donors (Lipinski definition) is 1. The Hall–Kier alpha value is -1.36. The number of carbonyl (C=O) groups excluding carboxylic acids is 1. The fraction of sp³-hybridized carbons (Fsp3) is 0.600. The SMILES string of the molecule is COC(=O)C1([C@@H](O)c2nccn2C)CC1. The van der Waals surface area contributed by atoms with Gasteiger partial charge in [-0.15, -0.1) is 0 Å². The third-order valence-electron chi connectivity index (χ3n) is 3.01. The van der Waals surface area contributed by atoms with E-state index in [2.05, 4.69) is 4.98 Å². The van der Waals surface area contributed by atoms with Crippen molar-refractivity contribution < 1.29 is 14.6 Å². The molecule has 5 heteroatoms. The number of aliphatic hydroxyl groups is 1. The van der Waals surface area contributed by atoms with Gasteiger partial charge >= 0.3 is 5.97 Å². The molecular weight excluding hydrogens is 196 g/mol. The summed E-state index contributed by atoms with van der Waals surface area (Å²) in [5.41, 5.74) is -0.756. The zero-order valence-corrected chi connectivity index (χ0v) is 8.80. The number of carbonyl (C=O) groups is 1. The van der Waals surface area contributed by atoms with E-state index in [9.17, 15) is 9.90 Å². The van der Waals surface area contributed by atoms with Crippen LogP contribution in [0.4, 0.5) is 0 Å². The minimum absolute atomic E-state index is 0.349. The predicted molar refractivity (Wildman–Crippen MR) is 51.9 cm³/mol. The number of aromatic nitrogens is 2. The van der Waals surface area contributed by atoms with Crippen LogP contribution in [0.1, 0.15) is 24.8 Å². The van der Waals surface area contributed by atoms with Gasteiger partial charge in [-0.3, -0.25) is 4.79 Å². The van der Waals surface area contributed by atoms with E-state index in [1.165, 1.54) is 7.11 Å². The highest BCUT2D eigenvalue weighted by atomic mass is 16.5. The van der Waals surface area contributed by atoms with E-state index >= 15 is 0 Å². The second kappa shape index (κ2) is 3.34. The third kappa shape index (κ3) is 1.43. The van der Waals surface area contributed by atoms with Crippen LogP contribution in [0.25, 0.3) is 0 Å². The molecule has 0 amide bonds. The zero-order valence-electron chi connectivity index (χ0n) is 8.80. The van der Waals surface area contributed by atoms with Crippen molar-refractivity contribution in [3.05, 3.63) is 18.2 Å². The lowest BCUT2D eigenvalue weighted by atomic mass is 9.99. The Labute approximate surface area is 87.7 Å². The highest BCUT2D eigenvalue weighted by molar-refractivity contribution is 5.80. The topological polar surface area (TPSA) is 64.3 Å². The van der Waals surface area contributed by atoms with Crippen molar-refractivity contribution in [2.45, 2.75) is 18.9 Å². The number of hydrogen-bond acceptors (Lipinski definition) is 4. The Morgan fingerprint density at radius 1 is 1.73 bits per heavy atom. The molecule has 1 aliphatic rings. The minimum Gasteiger partial charge on any atom is -0.469 e. The van der Waals surface area contributed by atoms with Gasteiger partial charge in [0.1, 0.15) is 17.3 Å². The molecule has 1 aromatic rings. The third-order valence-corrected chi connectivity index (χ3v) is 3.01. The number of nitrogens with zero attached hydrogens (tertiary/aromatic N) is 2. The van der Waals surface area contributed by atoms with Crippen LogP contribution in [-0.4, -0.2) is 27.7 Å². The smallest absolute Gasteiger partial charge is 0.314 e. The van der Waals surface area contributed by atoms with Crippen LogP contribution in [0, 0.1) is 5.41 Å². The van der Waals surface area contributed by atoms with Crippen LogP contribution >= 0.6 is 0 Å². The molecule has 1 N–H and O–H groups in total. The van der Waals surface area contributed by atoms with Crippen molar-refractivity contribution in [3.63, 3.8) is 0 Å². The summed E-state index contributed by atoms with van der Waals surface area (Å²) in [7, 11) is 3.13. The van der Waals surface area contributed by atoms with Gasteiger partial charge in [0.15, 0.2) is 0 Å². The highest BCUT2D eigenvalue weighted by Crippen LogP contribution is 2.55. The zero-order chi connectivity index (χ0) is 11.1. The molecule has 0 aliphatic heterocycles. The molecular formula is C10H14N2O3. The summed E-state index contributed by atoms with van der Waals surface area (Å²) in [5, 5.41) is 10.1. The second-order valence-electron chi connectivity index (χ2n) is 3.95. The molecule has 1 atom stereocenters. The number of rotatable bonds is 3. The number of ether oxygens (including phenoxy) is 1. The molecule has 0 aromatic carbocycles. The summed E-state index contributed by atoms with van der Waals surface area (Å²) in [6.45, 7) is 0. The lowest BCUT2D eigenvalue weighted by Gasteiger charge is -2.19. The number of methoxy groups -OCH3 is 1. The maximum Gasteiger partial charge on any atom is 0.314 e. The summed E-state index contributed by atoms with van der Waals surface area (Å²) < 4.78 is 6.42. The highest BCUT2D eigenvalue weighted by Gasteiger charge is 2.58. The van der Waals surface area contributed by atoms with Crippen molar-refractivity contribution >= 4 is 5.97 Å². The largest absolute Gasteiger partial charge is 0.469 e. The van der Waals surface area contributed by atoms with Crippen LogP contribution in [0.5, 0.6) is 0 Å². The monoisotopic (exact) mass is 210 g/mol. The molecule has 1 saturated carbocycles. The normalized spacial score (nSPS) is 19.7. The average Bonchev–Trinajstić information content (AvgIpc) is 2.94. The first-order chi connectivity index (χ1) is 7.12. The lowest BCUT2D eigenvalue weighted by molar-refractivity contribution is -0.152. The summed E-state index contributed by atoms with van der Waals surface area (Å²) in [6, 6.07) is 0. The molecule has 1 aromatic heterocycles. The van der Waals surface area contributed by atoms with Crippen LogP contribution in [0.2, 0.25) is 0 Å². The second-order valence-corrected chi connectivity index (χ2v) is 3.95. The van der Waals surface area contributed by atoms with Crippen LogP contribution in [0.3, 0.4) is 0 Å². The number of imidazole rings is 1. The molecule has 0 radical (unpaired) electrons.